The Balaban J connectivity index is 1.66. The van der Waals surface area contributed by atoms with E-state index in [1.165, 1.54) is 28.8 Å². The van der Waals surface area contributed by atoms with Crippen molar-refractivity contribution in [2.24, 2.45) is 0 Å². The maximum absolute atomic E-state index is 13.0. The van der Waals surface area contributed by atoms with Crippen LogP contribution in [0.1, 0.15) is 5.69 Å². The molecule has 1 amide bonds. The third-order valence-corrected chi connectivity index (χ3v) is 5.80. The number of nitrogens with zero attached hydrogens (tertiary/aromatic N) is 3. The number of hydrogen-bond donors (Lipinski definition) is 0. The number of thioether (sulfide) groups is 1. The van der Waals surface area contributed by atoms with Gasteiger partial charge in [0.1, 0.15) is 5.75 Å². The molecule has 0 atom stereocenters. The van der Waals surface area contributed by atoms with Crippen LogP contribution in [-0.4, -0.2) is 26.8 Å². The molecule has 0 radical (unpaired) electrons. The zero-order chi connectivity index (χ0) is 21.3. The van der Waals surface area contributed by atoms with Crippen LogP contribution in [0, 0.1) is 10.1 Å². The third kappa shape index (κ3) is 3.72. The molecule has 0 saturated carbocycles. The van der Waals surface area contributed by atoms with Gasteiger partial charge in [0.15, 0.2) is 4.32 Å². The molecule has 3 aromatic rings. The van der Waals surface area contributed by atoms with Crippen molar-refractivity contribution < 1.29 is 14.5 Å². The van der Waals surface area contributed by atoms with Gasteiger partial charge >= 0.3 is 0 Å². The zero-order valence-electron chi connectivity index (χ0n) is 15.7. The van der Waals surface area contributed by atoms with E-state index in [2.05, 4.69) is 0 Å². The summed E-state index contributed by atoms with van der Waals surface area (Å²) < 4.78 is 7.38. The van der Waals surface area contributed by atoms with Crippen LogP contribution in [0.4, 0.5) is 11.4 Å². The van der Waals surface area contributed by atoms with Crippen LogP contribution < -0.4 is 9.64 Å². The molecule has 7 nitrogen and oxygen atoms in total. The van der Waals surface area contributed by atoms with Gasteiger partial charge in [-0.1, -0.05) is 30.0 Å². The summed E-state index contributed by atoms with van der Waals surface area (Å²) in [5.41, 5.74) is 2.01. The second kappa shape index (κ2) is 8.13. The van der Waals surface area contributed by atoms with E-state index in [0.717, 1.165) is 0 Å². The van der Waals surface area contributed by atoms with Crippen molar-refractivity contribution >= 4 is 51.7 Å². The molecule has 1 fully saturated rings. The van der Waals surface area contributed by atoms with E-state index in [4.69, 9.17) is 17.0 Å². The monoisotopic (exact) mass is 437 g/mol. The molecular weight excluding hydrogens is 422 g/mol. The molecule has 0 aliphatic carbocycles. The Bertz CT molecular complexity index is 1180. The van der Waals surface area contributed by atoms with Crippen molar-refractivity contribution in [3.63, 3.8) is 0 Å². The molecule has 1 saturated heterocycles. The minimum atomic E-state index is -0.438. The zero-order valence-corrected chi connectivity index (χ0v) is 17.4. The molecule has 150 valence electrons. The summed E-state index contributed by atoms with van der Waals surface area (Å²) in [6.45, 7) is 0. The molecule has 1 aromatic heterocycles. The van der Waals surface area contributed by atoms with E-state index >= 15 is 0 Å². The third-order valence-electron chi connectivity index (χ3n) is 4.50. The minimum absolute atomic E-state index is 0.00187. The Morgan fingerprint density at radius 2 is 1.87 bits per heavy atom. The summed E-state index contributed by atoms with van der Waals surface area (Å²) in [5.74, 6) is 0.469. The molecule has 2 heterocycles. The van der Waals surface area contributed by atoms with Crippen molar-refractivity contribution in [1.82, 2.24) is 4.57 Å². The van der Waals surface area contributed by atoms with E-state index in [-0.39, 0.29) is 11.6 Å². The smallest absolute Gasteiger partial charge is 0.271 e. The van der Waals surface area contributed by atoms with E-state index in [1.807, 2.05) is 12.1 Å². The molecule has 0 N–H and O–H groups in total. The Kier molecular flexibility index (Phi) is 5.39. The summed E-state index contributed by atoms with van der Waals surface area (Å²) in [4.78, 5) is 25.6. The predicted octanol–water partition coefficient (Wildman–Crippen LogP) is 4.80. The van der Waals surface area contributed by atoms with Gasteiger partial charge in [-0.05, 0) is 48.5 Å². The number of nitro groups is 1. The quantitative estimate of drug-likeness (QED) is 0.247. The highest BCUT2D eigenvalue weighted by Gasteiger charge is 2.33. The summed E-state index contributed by atoms with van der Waals surface area (Å²) in [6.07, 6.45) is 3.52. The van der Waals surface area contributed by atoms with Crippen molar-refractivity contribution in [2.45, 2.75) is 0 Å². The van der Waals surface area contributed by atoms with E-state index < -0.39 is 4.92 Å². The Morgan fingerprint density at radius 1 is 1.10 bits per heavy atom. The van der Waals surface area contributed by atoms with Gasteiger partial charge in [0.25, 0.3) is 11.6 Å². The highest BCUT2D eigenvalue weighted by atomic mass is 32.2. The number of amides is 1. The number of methoxy groups -OCH3 is 1. The fraction of sp³-hybridized carbons (Fsp3) is 0.0476. The van der Waals surface area contributed by atoms with Crippen LogP contribution in [0.5, 0.6) is 5.75 Å². The fourth-order valence-corrected chi connectivity index (χ4v) is 4.34. The first-order valence-corrected chi connectivity index (χ1v) is 10.0. The molecule has 0 spiro atoms. The standard InChI is InChI=1S/C21H15N3O4S2/c1-28-18-9-7-14(8-10-18)23-20(25)19(30-21(23)29)13-16-6-3-11-22(16)15-4-2-5-17(12-15)24(26)27/h2-13H,1H3. The molecule has 2 aromatic carbocycles. The second-order valence-corrected chi connectivity index (χ2v) is 7.97. The fourth-order valence-electron chi connectivity index (χ4n) is 3.06. The Hall–Kier alpha value is -3.43. The minimum Gasteiger partial charge on any atom is -0.497 e. The van der Waals surface area contributed by atoms with Crippen LogP contribution in [-0.2, 0) is 4.79 Å². The number of non-ortho nitro benzene ring substituents is 1. The lowest BCUT2D eigenvalue weighted by molar-refractivity contribution is -0.384. The summed E-state index contributed by atoms with van der Waals surface area (Å²) in [5, 5.41) is 11.1. The molecule has 1 aliphatic heterocycles. The van der Waals surface area contributed by atoms with Crippen LogP contribution in [0.3, 0.4) is 0 Å². The van der Waals surface area contributed by atoms with Crippen LogP contribution >= 0.6 is 24.0 Å². The number of anilines is 1. The number of hydrogen-bond acceptors (Lipinski definition) is 6. The lowest BCUT2D eigenvalue weighted by atomic mass is 10.2. The molecule has 0 bridgehead atoms. The number of carbonyl (C=O) groups excluding carboxylic acids is 1. The van der Waals surface area contributed by atoms with Gasteiger partial charge in [-0.15, -0.1) is 0 Å². The van der Waals surface area contributed by atoms with Gasteiger partial charge in [-0.3, -0.25) is 19.8 Å². The van der Waals surface area contributed by atoms with E-state index in [9.17, 15) is 14.9 Å². The van der Waals surface area contributed by atoms with Gasteiger partial charge in [-0.2, -0.15) is 0 Å². The number of thiocarbonyl (C=S) groups is 1. The van der Waals surface area contributed by atoms with E-state index in [1.54, 1.807) is 60.3 Å². The molecule has 9 heteroatoms. The number of carbonyl (C=O) groups is 1. The van der Waals surface area contributed by atoms with Crippen LogP contribution in [0.25, 0.3) is 11.8 Å². The van der Waals surface area contributed by atoms with Gasteiger partial charge < -0.3 is 9.30 Å². The Morgan fingerprint density at radius 3 is 2.57 bits per heavy atom. The lowest BCUT2D eigenvalue weighted by Crippen LogP contribution is -2.27. The van der Waals surface area contributed by atoms with Gasteiger partial charge in [-0.25, -0.2) is 0 Å². The summed E-state index contributed by atoms with van der Waals surface area (Å²) >= 11 is 6.63. The first-order chi connectivity index (χ1) is 14.5. The lowest BCUT2D eigenvalue weighted by Gasteiger charge is -2.14. The molecule has 4 rings (SSSR count). The average Bonchev–Trinajstić information content (AvgIpc) is 3.32. The van der Waals surface area contributed by atoms with Crippen LogP contribution in [0.2, 0.25) is 0 Å². The van der Waals surface area contributed by atoms with Crippen molar-refractivity contribution in [3.05, 3.63) is 87.6 Å². The largest absolute Gasteiger partial charge is 0.497 e. The number of rotatable bonds is 5. The summed E-state index contributed by atoms with van der Waals surface area (Å²) in [6, 6.07) is 17.1. The average molecular weight is 438 g/mol. The van der Waals surface area contributed by atoms with Crippen molar-refractivity contribution in [1.29, 1.82) is 0 Å². The maximum atomic E-state index is 13.0. The maximum Gasteiger partial charge on any atom is 0.271 e. The first kappa shape index (κ1) is 19.9. The van der Waals surface area contributed by atoms with Crippen molar-refractivity contribution in [3.8, 4) is 11.4 Å². The van der Waals surface area contributed by atoms with E-state index in [0.29, 0.717) is 32.0 Å². The van der Waals surface area contributed by atoms with Crippen molar-refractivity contribution in [2.75, 3.05) is 12.0 Å². The van der Waals surface area contributed by atoms with Gasteiger partial charge in [0.2, 0.25) is 0 Å². The molecular formula is C21H15N3O4S2. The molecule has 0 unspecified atom stereocenters. The number of benzene rings is 2. The SMILES string of the molecule is COc1ccc(N2C(=O)C(=Cc3cccn3-c3cccc([N+](=O)[O-])c3)SC2=S)cc1. The molecule has 30 heavy (non-hydrogen) atoms. The molecule has 1 aliphatic rings. The number of aromatic nitrogens is 1. The number of ether oxygens (including phenoxy) is 1. The van der Waals surface area contributed by atoms with Crippen LogP contribution in [0.15, 0.2) is 71.8 Å². The highest BCUT2D eigenvalue weighted by molar-refractivity contribution is 8.27. The summed E-state index contributed by atoms with van der Waals surface area (Å²) in [7, 11) is 1.58. The van der Waals surface area contributed by atoms with Gasteiger partial charge in [0.05, 0.1) is 28.3 Å². The topological polar surface area (TPSA) is 77.6 Å². The predicted molar refractivity (Wildman–Crippen MR) is 121 cm³/mol. The van der Waals surface area contributed by atoms with Gasteiger partial charge in [0, 0.05) is 24.0 Å². The number of nitro benzene ring substituents is 1. The normalized spacial score (nSPS) is 15.1. The second-order valence-electron chi connectivity index (χ2n) is 6.30. The first-order valence-electron chi connectivity index (χ1n) is 8.82. The Labute approximate surface area is 181 Å². The highest BCUT2D eigenvalue weighted by Crippen LogP contribution is 2.36.